The lowest BCUT2D eigenvalue weighted by atomic mass is 10.1. The second kappa shape index (κ2) is 7.22. The molecule has 0 bridgehead atoms. The number of nitrogens with zero attached hydrogens (tertiary/aromatic N) is 3. The number of nitrogens with one attached hydrogen (secondary N) is 2. The fourth-order valence-corrected chi connectivity index (χ4v) is 3.89. The average Bonchev–Trinajstić information content (AvgIpc) is 3.13. The molecule has 1 saturated heterocycles. The van der Waals surface area contributed by atoms with Gasteiger partial charge in [-0.2, -0.15) is 0 Å². The van der Waals surface area contributed by atoms with Crippen LogP contribution in [-0.2, 0) is 0 Å². The first kappa shape index (κ1) is 17.7. The number of carbonyl (C=O) groups excluding carboxylic acids is 1. The Kier molecular flexibility index (Phi) is 4.41. The number of fused-ring (bicyclic) bond motifs is 3. The van der Waals surface area contributed by atoms with Gasteiger partial charge < -0.3 is 20.1 Å². The summed E-state index contributed by atoms with van der Waals surface area (Å²) in [5.41, 5.74) is 4.34. The Morgan fingerprint density at radius 3 is 2.52 bits per heavy atom. The summed E-state index contributed by atoms with van der Waals surface area (Å²) in [6.45, 7) is 4.19. The topological polar surface area (TPSA) is 64.3 Å². The largest absolute Gasteiger partial charge is 0.369 e. The van der Waals surface area contributed by atoms with E-state index in [4.69, 9.17) is 0 Å². The van der Waals surface area contributed by atoms with Crippen LogP contribution in [0.4, 0.5) is 11.4 Å². The molecule has 0 saturated carbocycles. The number of carbonyl (C=O) groups is 1. The van der Waals surface area contributed by atoms with Crippen molar-refractivity contribution in [3.63, 3.8) is 0 Å². The maximum atomic E-state index is 12.7. The summed E-state index contributed by atoms with van der Waals surface area (Å²) in [5, 5.41) is 5.06. The van der Waals surface area contributed by atoms with Crippen molar-refractivity contribution in [1.29, 1.82) is 0 Å². The Labute approximate surface area is 169 Å². The molecule has 0 aliphatic carbocycles. The van der Waals surface area contributed by atoms with Gasteiger partial charge in [0, 0.05) is 53.8 Å². The number of hydrogen-bond acceptors (Lipinski definition) is 4. The van der Waals surface area contributed by atoms with Crippen LogP contribution in [0.2, 0.25) is 0 Å². The van der Waals surface area contributed by atoms with Crippen molar-refractivity contribution in [3.05, 3.63) is 66.5 Å². The summed E-state index contributed by atoms with van der Waals surface area (Å²) in [4.78, 5) is 25.1. The third-order valence-electron chi connectivity index (χ3n) is 5.62. The molecule has 4 aromatic rings. The van der Waals surface area contributed by atoms with Gasteiger partial charge in [0.25, 0.3) is 5.91 Å². The first-order chi connectivity index (χ1) is 14.2. The number of aromatic nitrogens is 2. The number of benzene rings is 2. The van der Waals surface area contributed by atoms with Crippen LogP contribution >= 0.6 is 0 Å². The Morgan fingerprint density at radius 1 is 0.966 bits per heavy atom. The first-order valence-corrected chi connectivity index (χ1v) is 9.89. The molecule has 0 spiro atoms. The third-order valence-corrected chi connectivity index (χ3v) is 5.62. The number of amides is 1. The number of pyridine rings is 1. The lowest BCUT2D eigenvalue weighted by Crippen LogP contribution is -2.44. The van der Waals surface area contributed by atoms with Gasteiger partial charge in [0.2, 0.25) is 0 Å². The predicted molar refractivity (Wildman–Crippen MR) is 118 cm³/mol. The van der Waals surface area contributed by atoms with E-state index in [1.165, 1.54) is 5.69 Å². The van der Waals surface area contributed by atoms with Crippen LogP contribution in [0.1, 0.15) is 10.5 Å². The molecule has 1 aliphatic rings. The van der Waals surface area contributed by atoms with Crippen molar-refractivity contribution in [2.75, 3.05) is 43.4 Å². The van der Waals surface area contributed by atoms with Crippen LogP contribution in [0, 0.1) is 0 Å². The summed E-state index contributed by atoms with van der Waals surface area (Å²) in [5.74, 6) is -0.204. The van der Waals surface area contributed by atoms with E-state index in [-0.39, 0.29) is 5.91 Å². The molecule has 2 aromatic carbocycles. The van der Waals surface area contributed by atoms with E-state index in [2.05, 4.69) is 44.3 Å². The maximum Gasteiger partial charge on any atom is 0.274 e. The van der Waals surface area contributed by atoms with E-state index in [9.17, 15) is 4.79 Å². The quantitative estimate of drug-likeness (QED) is 0.564. The van der Waals surface area contributed by atoms with Gasteiger partial charge in [-0.25, -0.2) is 4.98 Å². The molecular weight excluding hydrogens is 362 g/mol. The molecule has 3 heterocycles. The van der Waals surface area contributed by atoms with Gasteiger partial charge in [-0.3, -0.25) is 4.79 Å². The monoisotopic (exact) mass is 385 g/mol. The Morgan fingerprint density at radius 2 is 1.72 bits per heavy atom. The van der Waals surface area contributed by atoms with Crippen molar-refractivity contribution in [3.8, 4) is 0 Å². The van der Waals surface area contributed by atoms with Crippen LogP contribution < -0.4 is 10.2 Å². The first-order valence-electron chi connectivity index (χ1n) is 9.89. The summed E-state index contributed by atoms with van der Waals surface area (Å²) >= 11 is 0. The number of aromatic amines is 1. The number of piperazine rings is 1. The van der Waals surface area contributed by atoms with Gasteiger partial charge in [0.1, 0.15) is 5.69 Å². The van der Waals surface area contributed by atoms with Crippen LogP contribution in [0.5, 0.6) is 0 Å². The van der Waals surface area contributed by atoms with Crippen LogP contribution in [0.25, 0.3) is 21.8 Å². The standard InChI is InChI=1S/C23H23N5O/c1-27-10-12-28(13-11-27)17-8-6-16(7-9-17)25-23(29)21-14-19-18-4-2-3-5-20(18)26-22(19)15-24-21/h2-9,14-15,26H,10-13H2,1H3,(H,25,29). The van der Waals surface area contributed by atoms with Crippen molar-refractivity contribution >= 4 is 39.1 Å². The highest BCUT2D eigenvalue weighted by Gasteiger charge is 2.15. The number of para-hydroxylation sites is 1. The molecule has 5 rings (SSSR count). The summed E-state index contributed by atoms with van der Waals surface area (Å²) in [7, 11) is 2.15. The molecule has 6 heteroatoms. The zero-order chi connectivity index (χ0) is 19.8. The van der Waals surface area contributed by atoms with Gasteiger partial charge in [-0.15, -0.1) is 0 Å². The molecule has 0 radical (unpaired) electrons. The molecule has 29 heavy (non-hydrogen) atoms. The van der Waals surface area contributed by atoms with E-state index in [0.29, 0.717) is 5.69 Å². The number of hydrogen-bond donors (Lipinski definition) is 2. The van der Waals surface area contributed by atoms with Crippen molar-refractivity contribution in [1.82, 2.24) is 14.9 Å². The molecule has 1 fully saturated rings. The Balaban J connectivity index is 1.34. The lowest BCUT2D eigenvalue weighted by Gasteiger charge is -2.34. The van der Waals surface area contributed by atoms with Gasteiger partial charge in [0.05, 0.1) is 11.7 Å². The minimum atomic E-state index is -0.204. The van der Waals surface area contributed by atoms with Crippen LogP contribution in [-0.4, -0.2) is 54.0 Å². The fraction of sp³-hybridized carbons (Fsp3) is 0.217. The normalized spacial score (nSPS) is 15.1. The van der Waals surface area contributed by atoms with E-state index in [1.54, 1.807) is 6.20 Å². The SMILES string of the molecule is CN1CCN(c2ccc(NC(=O)c3cc4c(cn3)[nH]c3ccccc34)cc2)CC1. The van der Waals surface area contributed by atoms with Crippen LogP contribution in [0.15, 0.2) is 60.8 Å². The molecular formula is C23H23N5O. The highest BCUT2D eigenvalue weighted by molar-refractivity contribution is 6.11. The van der Waals surface area contributed by atoms with E-state index in [0.717, 1.165) is 53.7 Å². The van der Waals surface area contributed by atoms with E-state index in [1.807, 2.05) is 42.5 Å². The van der Waals surface area contributed by atoms with Crippen molar-refractivity contribution in [2.24, 2.45) is 0 Å². The predicted octanol–water partition coefficient (Wildman–Crippen LogP) is 3.72. The van der Waals surface area contributed by atoms with Crippen molar-refractivity contribution < 1.29 is 4.79 Å². The fourth-order valence-electron chi connectivity index (χ4n) is 3.89. The smallest absolute Gasteiger partial charge is 0.274 e. The third kappa shape index (κ3) is 3.43. The van der Waals surface area contributed by atoms with Gasteiger partial charge in [-0.1, -0.05) is 18.2 Å². The minimum Gasteiger partial charge on any atom is -0.369 e. The minimum absolute atomic E-state index is 0.204. The zero-order valence-corrected chi connectivity index (χ0v) is 16.4. The Bertz CT molecular complexity index is 1170. The second-order valence-electron chi connectivity index (χ2n) is 7.58. The van der Waals surface area contributed by atoms with Gasteiger partial charge >= 0.3 is 0 Å². The molecule has 2 aromatic heterocycles. The number of H-pyrrole nitrogens is 1. The molecule has 146 valence electrons. The molecule has 0 unspecified atom stereocenters. The lowest BCUT2D eigenvalue weighted by molar-refractivity contribution is 0.102. The van der Waals surface area contributed by atoms with Gasteiger partial charge in [-0.05, 0) is 43.4 Å². The molecule has 0 atom stereocenters. The van der Waals surface area contributed by atoms with Gasteiger partial charge in [0.15, 0.2) is 0 Å². The van der Waals surface area contributed by atoms with E-state index < -0.39 is 0 Å². The molecule has 1 amide bonds. The maximum absolute atomic E-state index is 12.7. The second-order valence-corrected chi connectivity index (χ2v) is 7.58. The summed E-state index contributed by atoms with van der Waals surface area (Å²) in [6.07, 6.45) is 1.72. The number of likely N-dealkylation sites (N-methyl/N-ethyl adjacent to an activating group) is 1. The molecule has 2 N–H and O–H groups in total. The highest BCUT2D eigenvalue weighted by Crippen LogP contribution is 2.25. The summed E-state index contributed by atoms with van der Waals surface area (Å²) in [6, 6.07) is 18.0. The summed E-state index contributed by atoms with van der Waals surface area (Å²) < 4.78 is 0. The number of rotatable bonds is 3. The van der Waals surface area contributed by atoms with E-state index >= 15 is 0 Å². The van der Waals surface area contributed by atoms with Crippen LogP contribution in [0.3, 0.4) is 0 Å². The highest BCUT2D eigenvalue weighted by atomic mass is 16.1. The Hall–Kier alpha value is -3.38. The van der Waals surface area contributed by atoms with Crippen molar-refractivity contribution in [2.45, 2.75) is 0 Å². The zero-order valence-electron chi connectivity index (χ0n) is 16.4. The average molecular weight is 385 g/mol. The molecule has 6 nitrogen and oxygen atoms in total. The number of anilines is 2. The molecule has 1 aliphatic heterocycles.